The molecule has 1 N–H and O–H groups in total. The molecule has 4 aromatic rings. The van der Waals surface area contributed by atoms with E-state index in [1.165, 1.54) is 6.08 Å². The fraction of sp³-hybridized carbons (Fsp3) is 0.323. The number of rotatable bonds is 7. The molecule has 2 saturated heterocycles. The van der Waals surface area contributed by atoms with Gasteiger partial charge in [-0.1, -0.05) is 42.4 Å². The second-order valence-electron chi connectivity index (χ2n) is 10.8. The maximum Gasteiger partial charge on any atom is 0.313 e. The summed E-state index contributed by atoms with van der Waals surface area (Å²) in [6.07, 6.45) is 3.42. The molecule has 3 aromatic carbocycles. The summed E-state index contributed by atoms with van der Waals surface area (Å²) in [6.45, 7) is 6.45. The van der Waals surface area contributed by atoms with Crippen LogP contribution in [-0.4, -0.2) is 69.7 Å². The highest BCUT2D eigenvalue weighted by Gasteiger charge is 2.31. The fourth-order valence-electron chi connectivity index (χ4n) is 5.86. The van der Waals surface area contributed by atoms with Crippen LogP contribution in [0.5, 0.6) is 11.6 Å². The Kier molecular flexibility index (Phi) is 6.98. The summed E-state index contributed by atoms with van der Waals surface area (Å²) < 4.78 is 7.75. The van der Waals surface area contributed by atoms with Crippen LogP contribution in [0, 0.1) is 5.92 Å². The highest BCUT2D eigenvalue weighted by atomic mass is 35.5. The van der Waals surface area contributed by atoms with Gasteiger partial charge in [-0.15, -0.1) is 0 Å². The molecule has 6 rings (SSSR count). The molecule has 2 aliphatic rings. The van der Waals surface area contributed by atoms with E-state index in [9.17, 15) is 14.7 Å². The van der Waals surface area contributed by atoms with Crippen LogP contribution in [0.2, 0.25) is 5.02 Å². The molecular formula is C31H31ClN4O4. The molecule has 1 aromatic heterocycles. The first-order valence-electron chi connectivity index (χ1n) is 13.5. The molecule has 40 heavy (non-hydrogen) atoms. The lowest BCUT2D eigenvalue weighted by molar-refractivity contribution is -0.132. The maximum absolute atomic E-state index is 13.7. The van der Waals surface area contributed by atoms with Crippen molar-refractivity contribution < 1.29 is 14.6 Å². The number of ether oxygens (including phenoxy) is 1. The first-order valence-corrected chi connectivity index (χ1v) is 13.9. The van der Waals surface area contributed by atoms with Crippen molar-refractivity contribution in [1.29, 1.82) is 0 Å². The molecule has 206 valence electrons. The van der Waals surface area contributed by atoms with Crippen LogP contribution in [0.25, 0.3) is 32.9 Å². The van der Waals surface area contributed by atoms with Crippen LogP contribution in [-0.2, 0) is 11.3 Å². The third-order valence-corrected chi connectivity index (χ3v) is 8.42. The van der Waals surface area contributed by atoms with Crippen LogP contribution in [0.1, 0.15) is 12.8 Å². The van der Waals surface area contributed by atoms with Gasteiger partial charge in [0.25, 0.3) is 5.88 Å². The van der Waals surface area contributed by atoms with Crippen molar-refractivity contribution >= 4 is 39.3 Å². The Labute approximate surface area is 237 Å². The Morgan fingerprint density at radius 3 is 2.75 bits per heavy atom. The van der Waals surface area contributed by atoms with Crippen molar-refractivity contribution in [3.05, 3.63) is 76.6 Å². The van der Waals surface area contributed by atoms with E-state index in [0.717, 1.165) is 35.7 Å². The lowest BCUT2D eigenvalue weighted by atomic mass is 9.97. The van der Waals surface area contributed by atoms with Crippen LogP contribution < -0.4 is 10.3 Å². The van der Waals surface area contributed by atoms with Gasteiger partial charge in [0.1, 0.15) is 12.4 Å². The first kappa shape index (κ1) is 26.3. The summed E-state index contributed by atoms with van der Waals surface area (Å²) in [5, 5.41) is 12.7. The van der Waals surface area contributed by atoms with Gasteiger partial charge in [0, 0.05) is 37.2 Å². The molecule has 1 amide bonds. The summed E-state index contributed by atoms with van der Waals surface area (Å²) in [7, 11) is 2.06. The van der Waals surface area contributed by atoms with Gasteiger partial charge in [-0.3, -0.25) is 9.59 Å². The average Bonchev–Trinajstić information content (AvgIpc) is 3.34. The van der Waals surface area contributed by atoms with E-state index in [4.69, 9.17) is 16.3 Å². The number of nitrogens with zero attached hydrogens (tertiary/aromatic N) is 4. The molecule has 0 radical (unpaired) electrons. The highest BCUT2D eigenvalue weighted by Crippen LogP contribution is 2.38. The van der Waals surface area contributed by atoms with Crippen molar-refractivity contribution in [2.45, 2.75) is 25.4 Å². The number of hydrogen-bond donors (Lipinski definition) is 1. The monoisotopic (exact) mass is 558 g/mol. The number of phenols is 1. The highest BCUT2D eigenvalue weighted by molar-refractivity contribution is 6.34. The Bertz CT molecular complexity index is 1690. The molecule has 1 atom stereocenters. The lowest BCUT2D eigenvalue weighted by Crippen LogP contribution is -2.51. The van der Waals surface area contributed by atoms with Crippen molar-refractivity contribution in [3.8, 4) is 22.8 Å². The number of fused-ring (bicyclic) bond motifs is 2. The molecule has 0 unspecified atom stereocenters. The SMILES string of the molecule is C=CC(=O)N1CC(Cn2c(=O)c(OC[C@@H]3CCCN3C)nc3cc(-c4cc(O)cc5ccccc45)c(Cl)cc32)C1. The van der Waals surface area contributed by atoms with Crippen LogP contribution >= 0.6 is 11.6 Å². The van der Waals surface area contributed by atoms with E-state index in [1.807, 2.05) is 30.3 Å². The quantitative estimate of drug-likeness (QED) is 0.331. The lowest BCUT2D eigenvalue weighted by Gasteiger charge is -2.39. The van der Waals surface area contributed by atoms with Crippen LogP contribution in [0.4, 0.5) is 0 Å². The van der Waals surface area contributed by atoms with Crippen molar-refractivity contribution in [3.63, 3.8) is 0 Å². The van der Waals surface area contributed by atoms with E-state index < -0.39 is 0 Å². The number of aromatic hydroxyl groups is 1. The zero-order valence-electron chi connectivity index (χ0n) is 22.3. The van der Waals surface area contributed by atoms with E-state index in [1.54, 1.807) is 27.7 Å². The van der Waals surface area contributed by atoms with Gasteiger partial charge < -0.3 is 24.2 Å². The standard InChI is InChI=1S/C31H31ClN4O4/c1-3-29(38)35-15-19(16-35)17-36-28-14-26(32)25(24-12-22(37)11-20-7-4-5-9-23(20)24)13-27(28)33-30(31(36)39)40-18-21-8-6-10-34(21)2/h3-5,7,9,11-14,19,21,37H,1,6,8,10,15-18H2,2H3/t21-/m0/s1. The zero-order valence-corrected chi connectivity index (χ0v) is 23.1. The predicted octanol–water partition coefficient (Wildman–Crippen LogP) is 4.69. The van der Waals surface area contributed by atoms with Gasteiger partial charge >= 0.3 is 5.56 Å². The summed E-state index contributed by atoms with van der Waals surface area (Å²) in [6, 6.07) is 15.0. The smallest absolute Gasteiger partial charge is 0.313 e. The van der Waals surface area contributed by atoms with Gasteiger partial charge in [0.05, 0.1) is 16.1 Å². The largest absolute Gasteiger partial charge is 0.508 e. The minimum atomic E-state index is -0.312. The molecule has 3 heterocycles. The van der Waals surface area contributed by atoms with Crippen molar-refractivity contribution in [2.75, 3.05) is 33.3 Å². The molecule has 9 heteroatoms. The molecule has 0 saturated carbocycles. The third kappa shape index (κ3) is 4.82. The minimum absolute atomic E-state index is 0.0557. The summed E-state index contributed by atoms with van der Waals surface area (Å²) in [5.74, 6) is 0.185. The molecule has 0 aliphatic carbocycles. The van der Waals surface area contributed by atoms with E-state index in [2.05, 4.69) is 23.5 Å². The number of carbonyl (C=O) groups excluding carboxylic acids is 1. The second-order valence-corrected chi connectivity index (χ2v) is 11.2. The van der Waals surface area contributed by atoms with Crippen LogP contribution in [0.15, 0.2) is 66.0 Å². The van der Waals surface area contributed by atoms with Crippen LogP contribution in [0.3, 0.4) is 0 Å². The molecule has 0 spiro atoms. The van der Waals surface area contributed by atoms with E-state index in [-0.39, 0.29) is 35.1 Å². The number of benzene rings is 3. The average molecular weight is 559 g/mol. The summed E-state index contributed by atoms with van der Waals surface area (Å²) in [5.41, 5.74) is 2.33. The molecule has 2 fully saturated rings. The number of amides is 1. The van der Waals surface area contributed by atoms with Gasteiger partial charge in [-0.2, -0.15) is 0 Å². The summed E-state index contributed by atoms with van der Waals surface area (Å²) >= 11 is 6.86. The number of carbonyl (C=O) groups is 1. The van der Waals surface area contributed by atoms with Gasteiger partial charge in [0.2, 0.25) is 5.91 Å². The third-order valence-electron chi connectivity index (χ3n) is 8.11. The Morgan fingerprint density at radius 2 is 2.00 bits per heavy atom. The predicted molar refractivity (Wildman–Crippen MR) is 157 cm³/mol. The number of likely N-dealkylation sites (N-methyl/N-ethyl adjacent to an activating group) is 1. The number of halogens is 1. The van der Waals surface area contributed by atoms with Crippen molar-refractivity contribution in [2.24, 2.45) is 5.92 Å². The normalized spacial score (nSPS) is 17.9. The van der Waals surface area contributed by atoms with E-state index >= 15 is 0 Å². The minimum Gasteiger partial charge on any atom is -0.508 e. The number of likely N-dealkylation sites (tertiary alicyclic amines) is 2. The summed E-state index contributed by atoms with van der Waals surface area (Å²) in [4.78, 5) is 34.3. The maximum atomic E-state index is 13.7. The number of aromatic nitrogens is 2. The topological polar surface area (TPSA) is 87.9 Å². The first-order chi connectivity index (χ1) is 19.3. The Hall–Kier alpha value is -3.88. The fourth-order valence-corrected chi connectivity index (χ4v) is 6.12. The van der Waals surface area contributed by atoms with Gasteiger partial charge in [0.15, 0.2) is 0 Å². The number of phenolic OH excluding ortho intramolecular Hbond substituents is 1. The Morgan fingerprint density at radius 1 is 1.20 bits per heavy atom. The molecule has 2 aliphatic heterocycles. The van der Waals surface area contributed by atoms with E-state index in [0.29, 0.717) is 47.9 Å². The second kappa shape index (κ2) is 10.6. The zero-order chi connectivity index (χ0) is 28.0. The molecule has 0 bridgehead atoms. The molecular weight excluding hydrogens is 528 g/mol. The van der Waals surface area contributed by atoms with Gasteiger partial charge in [-0.25, -0.2) is 4.98 Å². The van der Waals surface area contributed by atoms with Gasteiger partial charge in [-0.05, 0) is 73.1 Å². The Balaban J connectivity index is 1.44. The molecule has 8 nitrogen and oxygen atoms in total. The van der Waals surface area contributed by atoms with Crippen molar-refractivity contribution in [1.82, 2.24) is 19.4 Å². The number of hydrogen-bond acceptors (Lipinski definition) is 6.